The molecule has 0 saturated carbocycles. The smallest absolute Gasteiger partial charge is 0.307 e. The van der Waals surface area contributed by atoms with E-state index in [9.17, 15) is 9.59 Å². The lowest BCUT2D eigenvalue weighted by Gasteiger charge is -2.15. The summed E-state index contributed by atoms with van der Waals surface area (Å²) in [5, 5.41) is 8.27. The molecule has 0 bridgehead atoms. The lowest BCUT2D eigenvalue weighted by molar-refractivity contribution is 0.257. The van der Waals surface area contributed by atoms with Crippen LogP contribution in [-0.2, 0) is 13.1 Å². The zero-order chi connectivity index (χ0) is 22.2. The second kappa shape index (κ2) is 8.80. The number of aromatic nitrogens is 1. The van der Waals surface area contributed by atoms with E-state index in [1.165, 1.54) is 11.3 Å². The normalized spacial score (nSPS) is 12.7. The molecule has 3 N–H and O–H groups in total. The SMILES string of the molecule is O=C(NSc1cc(Cl)c(Cl)s1)Nc1ccc(-n2c3c(c4ccccc4c2=O)CNC3)cc1. The average Bonchev–Trinajstić information content (AvgIpc) is 3.40. The fourth-order valence-corrected chi connectivity index (χ4v) is 6.02. The van der Waals surface area contributed by atoms with Gasteiger partial charge in [-0.3, -0.25) is 14.1 Å². The quantitative estimate of drug-likeness (QED) is 0.308. The van der Waals surface area contributed by atoms with Gasteiger partial charge in [0.15, 0.2) is 0 Å². The van der Waals surface area contributed by atoms with E-state index in [4.69, 9.17) is 23.2 Å². The van der Waals surface area contributed by atoms with Crippen molar-refractivity contribution in [2.45, 2.75) is 17.3 Å². The van der Waals surface area contributed by atoms with Gasteiger partial charge in [-0.15, -0.1) is 11.3 Å². The summed E-state index contributed by atoms with van der Waals surface area (Å²) in [6, 6.07) is 16.2. The van der Waals surface area contributed by atoms with Gasteiger partial charge in [0.25, 0.3) is 5.56 Å². The van der Waals surface area contributed by atoms with Gasteiger partial charge in [0.05, 0.1) is 9.23 Å². The van der Waals surface area contributed by atoms with E-state index in [-0.39, 0.29) is 11.6 Å². The third kappa shape index (κ3) is 4.00. The number of hydrogen-bond acceptors (Lipinski definition) is 5. The number of amides is 2. The van der Waals surface area contributed by atoms with Crippen LogP contribution in [-0.4, -0.2) is 10.6 Å². The van der Waals surface area contributed by atoms with E-state index in [1.807, 2.05) is 36.4 Å². The van der Waals surface area contributed by atoms with Crippen molar-refractivity contribution in [1.29, 1.82) is 0 Å². The molecule has 5 rings (SSSR count). The number of carbonyl (C=O) groups is 1. The Hall–Kier alpha value is -2.49. The van der Waals surface area contributed by atoms with E-state index in [0.717, 1.165) is 45.0 Å². The van der Waals surface area contributed by atoms with E-state index < -0.39 is 0 Å². The molecular weight excluding hydrogens is 487 g/mol. The van der Waals surface area contributed by atoms with Crippen molar-refractivity contribution in [3.05, 3.63) is 85.6 Å². The minimum atomic E-state index is -0.378. The maximum absolute atomic E-state index is 13.2. The van der Waals surface area contributed by atoms with Crippen LogP contribution in [0.15, 0.2) is 63.6 Å². The average molecular weight is 503 g/mol. The first-order valence-corrected chi connectivity index (χ1v) is 12.1. The molecule has 0 radical (unpaired) electrons. The summed E-state index contributed by atoms with van der Waals surface area (Å²) in [5.41, 5.74) is 3.43. The van der Waals surface area contributed by atoms with Crippen molar-refractivity contribution in [2.75, 3.05) is 5.32 Å². The van der Waals surface area contributed by atoms with Gasteiger partial charge in [-0.25, -0.2) is 4.79 Å². The van der Waals surface area contributed by atoms with Crippen LogP contribution < -0.4 is 20.9 Å². The van der Waals surface area contributed by atoms with Crippen molar-refractivity contribution in [3.8, 4) is 5.69 Å². The molecule has 3 heterocycles. The maximum atomic E-state index is 13.2. The Bertz CT molecular complexity index is 1380. The number of thiophene rings is 1. The number of rotatable bonds is 4. The Kier molecular flexibility index (Phi) is 5.88. The van der Waals surface area contributed by atoms with Crippen molar-refractivity contribution < 1.29 is 4.79 Å². The molecule has 0 saturated heterocycles. The first-order chi connectivity index (χ1) is 15.5. The fourth-order valence-electron chi connectivity index (χ4n) is 3.75. The highest BCUT2D eigenvalue weighted by Gasteiger charge is 2.21. The Morgan fingerprint density at radius 2 is 1.81 bits per heavy atom. The van der Waals surface area contributed by atoms with Gasteiger partial charge in [-0.1, -0.05) is 41.4 Å². The number of hydrogen-bond donors (Lipinski definition) is 3. The van der Waals surface area contributed by atoms with Gasteiger partial charge in [-0.05, 0) is 59.3 Å². The zero-order valence-electron chi connectivity index (χ0n) is 16.4. The number of nitrogens with zero attached hydrogens (tertiary/aromatic N) is 1. The Morgan fingerprint density at radius 1 is 1.06 bits per heavy atom. The summed E-state index contributed by atoms with van der Waals surface area (Å²) in [6.07, 6.45) is 0. The van der Waals surface area contributed by atoms with Gasteiger partial charge in [0.2, 0.25) is 0 Å². The number of fused-ring (bicyclic) bond motifs is 3. The predicted molar refractivity (Wildman–Crippen MR) is 132 cm³/mol. The number of nitrogens with one attached hydrogen (secondary N) is 3. The largest absolute Gasteiger partial charge is 0.329 e. The summed E-state index contributed by atoms with van der Waals surface area (Å²) < 4.78 is 5.71. The van der Waals surface area contributed by atoms with Gasteiger partial charge < -0.3 is 10.6 Å². The van der Waals surface area contributed by atoms with Crippen LogP contribution >= 0.6 is 46.5 Å². The number of carbonyl (C=O) groups excluding carboxylic acids is 1. The van der Waals surface area contributed by atoms with Crippen molar-refractivity contribution >= 4 is 69.0 Å². The van der Waals surface area contributed by atoms with Crippen molar-refractivity contribution in [3.63, 3.8) is 0 Å². The first kappa shape index (κ1) is 21.4. The number of urea groups is 1. The molecule has 2 aromatic heterocycles. The molecule has 2 amide bonds. The number of pyridine rings is 1. The summed E-state index contributed by atoms with van der Waals surface area (Å²) in [6.45, 7) is 1.36. The van der Waals surface area contributed by atoms with Crippen LogP contribution in [0.4, 0.5) is 10.5 Å². The summed E-state index contributed by atoms with van der Waals surface area (Å²) >= 11 is 14.3. The van der Waals surface area contributed by atoms with Gasteiger partial charge in [-0.2, -0.15) is 0 Å². The van der Waals surface area contributed by atoms with E-state index >= 15 is 0 Å². The van der Waals surface area contributed by atoms with E-state index in [1.54, 1.807) is 22.8 Å². The lowest BCUT2D eigenvalue weighted by atomic mass is 10.0. The standard InChI is InChI=1S/C22H16Cl2N4O2S2/c23-17-9-19(31-20(17)24)32-27-22(30)26-12-5-7-13(8-6-12)28-18-11-25-10-16(18)14-3-1-2-4-15(14)21(28)29/h1-9,25H,10-11H2,(H2,26,27,30). The molecule has 0 spiro atoms. The minimum Gasteiger partial charge on any atom is -0.307 e. The summed E-state index contributed by atoms with van der Waals surface area (Å²) in [7, 11) is 0. The second-order valence-electron chi connectivity index (χ2n) is 7.11. The third-order valence-corrected chi connectivity index (χ3v) is 7.91. The maximum Gasteiger partial charge on any atom is 0.329 e. The molecule has 0 unspecified atom stereocenters. The van der Waals surface area contributed by atoms with E-state index in [2.05, 4.69) is 15.4 Å². The highest BCUT2D eigenvalue weighted by atomic mass is 35.5. The molecule has 2 aromatic carbocycles. The zero-order valence-corrected chi connectivity index (χ0v) is 19.6. The molecule has 0 aliphatic carbocycles. The Morgan fingerprint density at radius 3 is 2.53 bits per heavy atom. The molecule has 0 atom stereocenters. The molecule has 32 heavy (non-hydrogen) atoms. The van der Waals surface area contributed by atoms with Crippen LogP contribution in [0, 0.1) is 0 Å². The van der Waals surface area contributed by atoms with Crippen molar-refractivity contribution in [1.82, 2.24) is 14.6 Å². The highest BCUT2D eigenvalue weighted by molar-refractivity contribution is 7.99. The molecule has 1 aliphatic rings. The Labute approximate surface area is 201 Å². The monoisotopic (exact) mass is 502 g/mol. The van der Waals surface area contributed by atoms with Gasteiger partial charge >= 0.3 is 6.03 Å². The molecule has 4 aromatic rings. The van der Waals surface area contributed by atoms with Crippen molar-refractivity contribution in [2.24, 2.45) is 0 Å². The molecule has 1 aliphatic heterocycles. The number of anilines is 1. The van der Waals surface area contributed by atoms with Crippen LogP contribution in [0.25, 0.3) is 16.5 Å². The molecule has 6 nitrogen and oxygen atoms in total. The third-order valence-electron chi connectivity index (χ3n) is 5.15. The minimum absolute atomic E-state index is 0.0498. The first-order valence-electron chi connectivity index (χ1n) is 9.66. The van der Waals surface area contributed by atoms with Gasteiger partial charge in [0, 0.05) is 35.5 Å². The number of halogens is 2. The number of benzene rings is 2. The summed E-state index contributed by atoms with van der Waals surface area (Å²) in [5.74, 6) is 0. The Balaban J connectivity index is 1.36. The van der Waals surface area contributed by atoms with Crippen LogP contribution in [0.2, 0.25) is 9.36 Å². The van der Waals surface area contributed by atoms with Crippen LogP contribution in [0.5, 0.6) is 0 Å². The lowest BCUT2D eigenvalue weighted by Crippen LogP contribution is -2.24. The predicted octanol–water partition coefficient (Wildman–Crippen LogP) is 5.79. The molecule has 162 valence electrons. The van der Waals surface area contributed by atoms with Gasteiger partial charge in [0.1, 0.15) is 4.34 Å². The topological polar surface area (TPSA) is 75.2 Å². The molecular formula is C22H16Cl2N4O2S2. The van der Waals surface area contributed by atoms with Crippen LogP contribution in [0.1, 0.15) is 11.3 Å². The fraction of sp³-hybridized carbons (Fsp3) is 0.0909. The van der Waals surface area contributed by atoms with Crippen LogP contribution in [0.3, 0.4) is 0 Å². The summed E-state index contributed by atoms with van der Waals surface area (Å²) in [4.78, 5) is 25.5. The van der Waals surface area contributed by atoms with E-state index in [0.29, 0.717) is 27.0 Å². The highest BCUT2D eigenvalue weighted by Crippen LogP contribution is 2.36. The molecule has 0 fully saturated rings. The molecule has 10 heteroatoms. The second-order valence-corrected chi connectivity index (χ2v) is 10.3.